The second kappa shape index (κ2) is 3.31. The molecule has 80 valence electrons. The van der Waals surface area contributed by atoms with E-state index >= 15 is 0 Å². The molecule has 13 heavy (non-hydrogen) atoms. The van der Waals surface area contributed by atoms with Gasteiger partial charge in [0.25, 0.3) is 5.60 Å². The number of nitrogens with one attached hydrogen (secondary N) is 1. The summed E-state index contributed by atoms with van der Waals surface area (Å²) in [6, 6.07) is 0. The molecule has 0 aliphatic heterocycles. The average Bonchev–Trinajstić information content (AvgIpc) is 1.82. The highest BCUT2D eigenvalue weighted by atomic mass is 19.4. The Morgan fingerprint density at radius 2 is 1.31 bits per heavy atom. The van der Waals surface area contributed by atoms with Gasteiger partial charge in [-0.2, -0.15) is 26.3 Å². The largest absolute Gasteiger partial charge is 0.427 e. The lowest BCUT2D eigenvalue weighted by molar-refractivity contribution is -0.365. The predicted octanol–water partition coefficient (Wildman–Crippen LogP) is 0.305. The molecule has 0 bridgehead atoms. The third-order valence-corrected chi connectivity index (χ3v) is 1.30. The van der Waals surface area contributed by atoms with Crippen molar-refractivity contribution >= 4 is 0 Å². The van der Waals surface area contributed by atoms with Crippen molar-refractivity contribution in [3.63, 3.8) is 0 Å². The minimum Gasteiger partial charge on any atom is -0.373 e. The second-order valence-corrected chi connectivity index (χ2v) is 2.24. The smallest absolute Gasteiger partial charge is 0.373 e. The average molecular weight is 212 g/mol. The first kappa shape index (κ1) is 12.5. The zero-order valence-electron chi connectivity index (χ0n) is 6.00. The van der Waals surface area contributed by atoms with Crippen LogP contribution < -0.4 is 11.3 Å². The molecule has 0 aromatic rings. The summed E-state index contributed by atoms with van der Waals surface area (Å²) in [4.78, 5) is 0. The molecular formula is C4H6F6N2O. The summed E-state index contributed by atoms with van der Waals surface area (Å²) in [6.45, 7) is -1.85. The molecular weight excluding hydrogens is 206 g/mol. The maximum absolute atomic E-state index is 11.7. The first-order valence-corrected chi connectivity index (χ1v) is 2.85. The van der Waals surface area contributed by atoms with E-state index in [0.29, 0.717) is 0 Å². The van der Waals surface area contributed by atoms with Crippen molar-refractivity contribution in [3.05, 3.63) is 0 Å². The summed E-state index contributed by atoms with van der Waals surface area (Å²) in [5, 5.41) is 8.29. The van der Waals surface area contributed by atoms with Gasteiger partial charge in [-0.25, -0.2) is 0 Å². The molecule has 3 nitrogen and oxygen atoms in total. The number of hydrazine groups is 1. The molecule has 0 atom stereocenters. The van der Waals surface area contributed by atoms with E-state index in [1.165, 1.54) is 0 Å². The van der Waals surface area contributed by atoms with Gasteiger partial charge in [0.15, 0.2) is 0 Å². The Kier molecular flexibility index (Phi) is 3.17. The Labute approximate surface area is 68.5 Å². The molecule has 0 aliphatic rings. The van der Waals surface area contributed by atoms with Crippen molar-refractivity contribution in [2.45, 2.75) is 18.0 Å². The van der Waals surface area contributed by atoms with Crippen molar-refractivity contribution in [1.29, 1.82) is 0 Å². The fourth-order valence-corrected chi connectivity index (χ4v) is 0.509. The Bertz CT molecular complexity index is 160. The van der Waals surface area contributed by atoms with Crippen LogP contribution in [0.25, 0.3) is 0 Å². The SMILES string of the molecule is NNCC(O)(C(F)(F)F)C(F)(F)F. The van der Waals surface area contributed by atoms with E-state index in [4.69, 9.17) is 5.11 Å². The Balaban J connectivity index is 4.96. The highest BCUT2D eigenvalue weighted by Crippen LogP contribution is 2.42. The van der Waals surface area contributed by atoms with Crippen LogP contribution in [0.4, 0.5) is 26.3 Å². The monoisotopic (exact) mass is 212 g/mol. The lowest BCUT2D eigenvalue weighted by atomic mass is 10.0. The van der Waals surface area contributed by atoms with E-state index in [9.17, 15) is 26.3 Å². The van der Waals surface area contributed by atoms with Crippen molar-refractivity contribution in [1.82, 2.24) is 5.43 Å². The second-order valence-electron chi connectivity index (χ2n) is 2.24. The van der Waals surface area contributed by atoms with Gasteiger partial charge in [-0.05, 0) is 0 Å². The first-order valence-electron chi connectivity index (χ1n) is 2.85. The molecule has 0 spiro atoms. The fraction of sp³-hybridized carbons (Fsp3) is 1.00. The molecule has 9 heteroatoms. The summed E-state index contributed by atoms with van der Waals surface area (Å²) >= 11 is 0. The van der Waals surface area contributed by atoms with E-state index < -0.39 is 24.5 Å². The number of nitrogens with two attached hydrogens (primary N) is 1. The first-order chi connectivity index (χ1) is 5.56. The summed E-state index contributed by atoms with van der Waals surface area (Å²) < 4.78 is 70.3. The van der Waals surface area contributed by atoms with Gasteiger partial charge in [-0.15, -0.1) is 0 Å². The summed E-state index contributed by atoms with van der Waals surface area (Å²) in [6.07, 6.45) is -11.6. The molecule has 0 saturated heterocycles. The van der Waals surface area contributed by atoms with Gasteiger partial charge in [0, 0.05) is 0 Å². The standard InChI is InChI=1S/C4H6F6N2O/c5-3(6,7)2(13,1-12-11)4(8,9)10/h12-13H,1,11H2. The maximum atomic E-state index is 11.7. The topological polar surface area (TPSA) is 58.3 Å². The van der Waals surface area contributed by atoms with Crippen LogP contribution in [0.15, 0.2) is 0 Å². The molecule has 0 aliphatic carbocycles. The number of hydrogen-bond donors (Lipinski definition) is 3. The summed E-state index contributed by atoms with van der Waals surface area (Å²) in [5.41, 5.74) is -3.68. The van der Waals surface area contributed by atoms with Crippen molar-refractivity contribution < 1.29 is 31.4 Å². The minimum atomic E-state index is -5.82. The van der Waals surface area contributed by atoms with E-state index in [1.54, 1.807) is 0 Å². The van der Waals surface area contributed by atoms with Crippen LogP contribution in [0.3, 0.4) is 0 Å². The van der Waals surface area contributed by atoms with Crippen LogP contribution in [0.5, 0.6) is 0 Å². The van der Waals surface area contributed by atoms with Crippen LogP contribution in [0.2, 0.25) is 0 Å². The quantitative estimate of drug-likeness (QED) is 0.350. The zero-order valence-corrected chi connectivity index (χ0v) is 6.00. The molecule has 0 fully saturated rings. The van der Waals surface area contributed by atoms with Crippen molar-refractivity contribution in [2.75, 3.05) is 6.54 Å². The Morgan fingerprint density at radius 1 is 1.00 bits per heavy atom. The summed E-state index contributed by atoms with van der Waals surface area (Å²) in [5.74, 6) is 4.30. The third kappa shape index (κ3) is 2.23. The molecule has 0 unspecified atom stereocenters. The lowest BCUT2D eigenvalue weighted by Crippen LogP contribution is -2.63. The van der Waals surface area contributed by atoms with Crippen LogP contribution in [-0.2, 0) is 0 Å². The van der Waals surface area contributed by atoms with Gasteiger partial charge < -0.3 is 5.11 Å². The van der Waals surface area contributed by atoms with Gasteiger partial charge in [0.1, 0.15) is 0 Å². The highest BCUT2D eigenvalue weighted by molar-refractivity contribution is 4.95. The lowest BCUT2D eigenvalue weighted by Gasteiger charge is -2.31. The van der Waals surface area contributed by atoms with Gasteiger partial charge in [0.05, 0.1) is 6.54 Å². The predicted molar refractivity (Wildman–Crippen MR) is 29.2 cm³/mol. The van der Waals surface area contributed by atoms with E-state index in [0.717, 1.165) is 5.43 Å². The molecule has 0 saturated carbocycles. The highest BCUT2D eigenvalue weighted by Gasteiger charge is 2.70. The fourth-order valence-electron chi connectivity index (χ4n) is 0.509. The third-order valence-electron chi connectivity index (χ3n) is 1.30. The van der Waals surface area contributed by atoms with Crippen molar-refractivity contribution in [3.8, 4) is 0 Å². The van der Waals surface area contributed by atoms with Crippen molar-refractivity contribution in [2.24, 2.45) is 5.84 Å². The normalized spacial score (nSPS) is 14.8. The van der Waals surface area contributed by atoms with Crippen LogP contribution in [-0.4, -0.2) is 29.6 Å². The van der Waals surface area contributed by atoms with Gasteiger partial charge in [-0.3, -0.25) is 11.3 Å². The van der Waals surface area contributed by atoms with Crippen LogP contribution in [0, 0.1) is 0 Å². The van der Waals surface area contributed by atoms with Gasteiger partial charge >= 0.3 is 12.4 Å². The van der Waals surface area contributed by atoms with E-state index in [2.05, 4.69) is 5.84 Å². The number of halogens is 6. The molecule has 4 N–H and O–H groups in total. The molecule has 0 amide bonds. The number of aliphatic hydroxyl groups is 1. The van der Waals surface area contributed by atoms with E-state index in [-0.39, 0.29) is 0 Å². The number of alkyl halides is 6. The molecule has 0 aromatic heterocycles. The molecule has 0 rings (SSSR count). The Hall–Kier alpha value is -0.540. The summed E-state index contributed by atoms with van der Waals surface area (Å²) in [7, 11) is 0. The molecule has 0 aromatic carbocycles. The molecule has 0 heterocycles. The minimum absolute atomic E-state index is 1.13. The number of hydrogen-bond acceptors (Lipinski definition) is 3. The Morgan fingerprint density at radius 3 is 1.38 bits per heavy atom. The molecule has 0 radical (unpaired) electrons. The van der Waals surface area contributed by atoms with Gasteiger partial charge in [-0.1, -0.05) is 0 Å². The van der Waals surface area contributed by atoms with E-state index in [1.807, 2.05) is 0 Å². The maximum Gasteiger partial charge on any atom is 0.427 e. The van der Waals surface area contributed by atoms with Crippen LogP contribution in [0.1, 0.15) is 0 Å². The van der Waals surface area contributed by atoms with Crippen LogP contribution >= 0.6 is 0 Å². The number of rotatable bonds is 2. The zero-order chi connectivity index (χ0) is 10.9. The van der Waals surface area contributed by atoms with Gasteiger partial charge in [0.2, 0.25) is 0 Å².